The summed E-state index contributed by atoms with van der Waals surface area (Å²) in [5.41, 5.74) is 1.48. The van der Waals surface area contributed by atoms with E-state index in [4.69, 9.17) is 15.0 Å². The first-order chi connectivity index (χ1) is 15.2. The van der Waals surface area contributed by atoms with Gasteiger partial charge in [-0.2, -0.15) is 0 Å². The van der Waals surface area contributed by atoms with Gasteiger partial charge >= 0.3 is 0 Å². The van der Waals surface area contributed by atoms with Gasteiger partial charge in [-0.3, -0.25) is 4.99 Å². The fourth-order valence-electron chi connectivity index (χ4n) is 4.51. The van der Waals surface area contributed by atoms with Crippen molar-refractivity contribution in [2.75, 3.05) is 50.0 Å². The summed E-state index contributed by atoms with van der Waals surface area (Å²) in [5, 5.41) is 4.25. The Kier molecular flexibility index (Phi) is 6.22. The van der Waals surface area contributed by atoms with Crippen LogP contribution in [0.4, 0.5) is 11.6 Å². The Morgan fingerprint density at radius 2 is 1.77 bits per heavy atom. The molecule has 0 amide bonds. The minimum Gasteiger partial charge on any atom is -0.354 e. The van der Waals surface area contributed by atoms with Crippen LogP contribution >= 0.6 is 11.8 Å². The first-order valence-corrected chi connectivity index (χ1v) is 12.1. The van der Waals surface area contributed by atoms with Gasteiger partial charge in [-0.15, -0.1) is 0 Å². The molecule has 2 aromatic rings. The molecule has 31 heavy (non-hydrogen) atoms. The summed E-state index contributed by atoms with van der Waals surface area (Å²) in [6.07, 6.45) is 7.58. The number of amidine groups is 1. The highest BCUT2D eigenvalue weighted by atomic mass is 32.2. The van der Waals surface area contributed by atoms with Crippen molar-refractivity contribution in [1.82, 2.24) is 14.9 Å². The third-order valence-electron chi connectivity index (χ3n) is 6.36. The van der Waals surface area contributed by atoms with E-state index in [0.29, 0.717) is 0 Å². The molecule has 1 N–H and O–H groups in total. The van der Waals surface area contributed by atoms with Gasteiger partial charge in [0, 0.05) is 37.1 Å². The third kappa shape index (κ3) is 5.10. The summed E-state index contributed by atoms with van der Waals surface area (Å²) in [6.45, 7) is 4.89. The molecule has 3 aliphatic rings. The van der Waals surface area contributed by atoms with E-state index in [1.54, 1.807) is 11.8 Å². The zero-order valence-corrected chi connectivity index (χ0v) is 18.9. The van der Waals surface area contributed by atoms with Crippen LogP contribution in [0.5, 0.6) is 0 Å². The monoisotopic (exact) mass is 434 g/mol. The highest BCUT2D eigenvalue weighted by Gasteiger charge is 2.23. The number of nitrogens with one attached hydrogen (secondary N) is 1. The average molecular weight is 435 g/mol. The summed E-state index contributed by atoms with van der Waals surface area (Å²) in [7, 11) is 2.17. The first kappa shape index (κ1) is 20.5. The summed E-state index contributed by atoms with van der Waals surface area (Å²) >= 11 is 1.60. The van der Waals surface area contributed by atoms with E-state index in [1.807, 2.05) is 6.07 Å². The quantitative estimate of drug-likeness (QED) is 0.708. The zero-order valence-electron chi connectivity index (χ0n) is 18.1. The van der Waals surface area contributed by atoms with Crippen molar-refractivity contribution in [3.8, 4) is 0 Å². The molecular formula is C24H30N6S. The van der Waals surface area contributed by atoms with E-state index in [2.05, 4.69) is 58.6 Å². The number of aliphatic imine (C=N–C) groups is 1. The van der Waals surface area contributed by atoms with E-state index in [0.717, 1.165) is 66.2 Å². The highest BCUT2D eigenvalue weighted by Crippen LogP contribution is 2.33. The van der Waals surface area contributed by atoms with Crippen LogP contribution in [0, 0.1) is 5.92 Å². The van der Waals surface area contributed by atoms with Gasteiger partial charge in [-0.05, 0) is 61.4 Å². The summed E-state index contributed by atoms with van der Waals surface area (Å²) in [6, 6.07) is 12.4. The smallest absolute Gasteiger partial charge is 0.196 e. The molecule has 1 aromatic carbocycles. The molecule has 162 valence electrons. The molecule has 2 fully saturated rings. The summed E-state index contributed by atoms with van der Waals surface area (Å²) < 4.78 is 0. The fraction of sp³-hybridized carbons (Fsp3) is 0.458. The second-order valence-corrected chi connectivity index (χ2v) is 9.67. The number of anilines is 2. The van der Waals surface area contributed by atoms with Crippen molar-refractivity contribution in [3.63, 3.8) is 0 Å². The molecule has 5 rings (SSSR count). The molecule has 2 aliphatic heterocycles. The van der Waals surface area contributed by atoms with Gasteiger partial charge in [0.05, 0.1) is 6.54 Å². The van der Waals surface area contributed by atoms with E-state index in [1.165, 1.54) is 31.3 Å². The van der Waals surface area contributed by atoms with E-state index in [-0.39, 0.29) is 0 Å². The van der Waals surface area contributed by atoms with Gasteiger partial charge < -0.3 is 15.1 Å². The molecule has 3 heterocycles. The molecule has 0 atom stereocenters. The predicted molar refractivity (Wildman–Crippen MR) is 128 cm³/mol. The first-order valence-electron chi connectivity index (χ1n) is 11.3. The van der Waals surface area contributed by atoms with Crippen molar-refractivity contribution in [2.45, 2.75) is 35.7 Å². The third-order valence-corrected chi connectivity index (χ3v) is 7.23. The average Bonchev–Trinajstić information content (AvgIpc) is 3.47. The SMILES string of the molecule is CN1CCN(c2cc(NC3=NCC(C4CCCC4)=C3)nc(Sc3ccccc3)n2)CC1. The fourth-order valence-corrected chi connectivity index (χ4v) is 5.29. The summed E-state index contributed by atoms with van der Waals surface area (Å²) in [5.74, 6) is 3.46. The topological polar surface area (TPSA) is 56.6 Å². The van der Waals surface area contributed by atoms with Gasteiger partial charge in [-0.25, -0.2) is 9.97 Å². The second kappa shape index (κ2) is 9.40. The van der Waals surface area contributed by atoms with Crippen LogP contribution in [-0.4, -0.2) is 60.5 Å². The van der Waals surface area contributed by atoms with Crippen molar-refractivity contribution in [2.24, 2.45) is 10.9 Å². The Labute approximate surface area is 188 Å². The van der Waals surface area contributed by atoms with Crippen LogP contribution in [0.3, 0.4) is 0 Å². The van der Waals surface area contributed by atoms with Gasteiger partial charge in [0.1, 0.15) is 17.5 Å². The standard InChI is InChI=1S/C24H30N6S/c1-29-11-13-30(14-12-29)23-16-22(27-24(28-23)31-20-9-3-2-4-10-20)26-21-15-19(17-25-21)18-7-5-6-8-18/h2-4,9-10,15-16,18H,5-8,11-14,17H2,1H3,(H,25,26,27,28). The van der Waals surface area contributed by atoms with Crippen molar-refractivity contribution >= 4 is 29.2 Å². The maximum Gasteiger partial charge on any atom is 0.196 e. The minimum absolute atomic E-state index is 0.721. The number of nitrogens with zero attached hydrogens (tertiary/aromatic N) is 5. The van der Waals surface area contributed by atoms with Crippen LogP contribution in [0.25, 0.3) is 0 Å². The summed E-state index contributed by atoms with van der Waals surface area (Å²) in [4.78, 5) is 20.3. The van der Waals surface area contributed by atoms with Crippen molar-refractivity contribution in [1.29, 1.82) is 0 Å². The lowest BCUT2D eigenvalue weighted by Gasteiger charge is -2.33. The largest absolute Gasteiger partial charge is 0.354 e. The Bertz CT molecular complexity index is 959. The van der Waals surface area contributed by atoms with Crippen LogP contribution in [-0.2, 0) is 0 Å². The highest BCUT2D eigenvalue weighted by molar-refractivity contribution is 7.99. The second-order valence-electron chi connectivity index (χ2n) is 8.63. The zero-order chi connectivity index (χ0) is 21.0. The Morgan fingerprint density at radius 3 is 2.55 bits per heavy atom. The maximum absolute atomic E-state index is 4.89. The molecule has 0 spiro atoms. The number of hydrogen-bond acceptors (Lipinski definition) is 7. The predicted octanol–water partition coefficient (Wildman–Crippen LogP) is 4.32. The Balaban J connectivity index is 1.37. The Morgan fingerprint density at radius 1 is 1.00 bits per heavy atom. The lowest BCUT2D eigenvalue weighted by Crippen LogP contribution is -2.44. The van der Waals surface area contributed by atoms with E-state index in [9.17, 15) is 0 Å². The molecule has 7 heteroatoms. The Hall–Kier alpha value is -2.38. The van der Waals surface area contributed by atoms with Crippen molar-refractivity contribution < 1.29 is 0 Å². The van der Waals surface area contributed by atoms with Crippen LogP contribution in [0.1, 0.15) is 25.7 Å². The molecule has 0 unspecified atom stereocenters. The van der Waals surface area contributed by atoms with Gasteiger partial charge in [-0.1, -0.05) is 31.0 Å². The van der Waals surface area contributed by atoms with E-state index < -0.39 is 0 Å². The van der Waals surface area contributed by atoms with E-state index >= 15 is 0 Å². The lowest BCUT2D eigenvalue weighted by atomic mass is 9.98. The molecule has 1 saturated carbocycles. The lowest BCUT2D eigenvalue weighted by molar-refractivity contribution is 0.312. The normalized spacial score (nSPS) is 20.1. The van der Waals surface area contributed by atoms with Crippen LogP contribution < -0.4 is 10.2 Å². The number of hydrogen-bond donors (Lipinski definition) is 1. The molecule has 1 aromatic heterocycles. The molecule has 0 radical (unpaired) electrons. The molecule has 6 nitrogen and oxygen atoms in total. The number of likely N-dealkylation sites (N-methyl/N-ethyl adjacent to an activating group) is 1. The molecule has 1 saturated heterocycles. The minimum atomic E-state index is 0.721. The van der Waals surface area contributed by atoms with Crippen molar-refractivity contribution in [3.05, 3.63) is 48.0 Å². The number of aromatic nitrogens is 2. The number of benzene rings is 1. The maximum atomic E-state index is 4.89. The molecule has 1 aliphatic carbocycles. The van der Waals surface area contributed by atoms with Crippen LogP contribution in [0.15, 0.2) is 63.1 Å². The van der Waals surface area contributed by atoms with Crippen LogP contribution in [0.2, 0.25) is 0 Å². The van der Waals surface area contributed by atoms with Gasteiger partial charge in [0.2, 0.25) is 0 Å². The molecular weight excluding hydrogens is 404 g/mol. The molecule has 0 bridgehead atoms. The number of rotatable bonds is 5. The van der Waals surface area contributed by atoms with Gasteiger partial charge in [0.15, 0.2) is 5.16 Å². The number of piperazine rings is 1. The van der Waals surface area contributed by atoms with Gasteiger partial charge in [0.25, 0.3) is 0 Å².